The molecule has 20 heavy (non-hydrogen) atoms. The molecule has 0 aromatic heterocycles. The topological polar surface area (TPSA) is 58.9 Å². The number of nitrogens with zero attached hydrogens (tertiary/aromatic N) is 2. The summed E-state index contributed by atoms with van der Waals surface area (Å²) in [6.07, 6.45) is 10.2. The molecule has 0 amide bonds. The molecule has 1 rings (SSSR count). The van der Waals surface area contributed by atoms with Gasteiger partial charge in [-0.2, -0.15) is 0 Å². The van der Waals surface area contributed by atoms with Gasteiger partial charge in [0.1, 0.15) is 0 Å². The van der Waals surface area contributed by atoms with Gasteiger partial charge in [-0.1, -0.05) is 33.6 Å². The van der Waals surface area contributed by atoms with E-state index in [0.717, 1.165) is 18.8 Å². The van der Waals surface area contributed by atoms with Crippen LogP contribution in [0.5, 0.6) is 0 Å². The van der Waals surface area contributed by atoms with Gasteiger partial charge in [0.15, 0.2) is 0 Å². The first-order chi connectivity index (χ1) is 9.41. The Morgan fingerprint density at radius 1 is 1.30 bits per heavy atom. The van der Waals surface area contributed by atoms with Gasteiger partial charge in [-0.3, -0.25) is 0 Å². The number of isocyanates is 2. The molecule has 0 radical (unpaired) electrons. The Labute approximate surface area is 122 Å². The third-order valence-corrected chi connectivity index (χ3v) is 3.68. The fourth-order valence-corrected chi connectivity index (χ4v) is 2.74. The predicted molar refractivity (Wildman–Crippen MR) is 81.2 cm³/mol. The highest BCUT2D eigenvalue weighted by molar-refractivity contribution is 5.33. The van der Waals surface area contributed by atoms with Crippen LogP contribution in [0.4, 0.5) is 0 Å². The molecule has 0 aromatic carbocycles. The number of aliphatic imine (C=N–C) groups is 2. The first kappa shape index (κ1) is 18.8. The van der Waals surface area contributed by atoms with Crippen LogP contribution in [0.1, 0.15) is 66.2 Å². The van der Waals surface area contributed by atoms with Gasteiger partial charge in [-0.05, 0) is 43.9 Å². The van der Waals surface area contributed by atoms with E-state index in [-0.39, 0.29) is 6.04 Å². The molecule has 0 spiro atoms. The fraction of sp³-hybridized carbons (Fsp3) is 0.875. The summed E-state index contributed by atoms with van der Waals surface area (Å²) in [7, 11) is 0. The molecule has 1 fully saturated rings. The van der Waals surface area contributed by atoms with Crippen molar-refractivity contribution in [2.45, 2.75) is 72.3 Å². The molecule has 0 bridgehead atoms. The average molecular weight is 280 g/mol. The minimum absolute atomic E-state index is 0.0191. The van der Waals surface area contributed by atoms with Crippen molar-refractivity contribution in [1.82, 2.24) is 0 Å². The lowest BCUT2D eigenvalue weighted by molar-refractivity contribution is 0.191. The highest BCUT2D eigenvalue weighted by Gasteiger charge is 2.24. The molecule has 1 saturated carbocycles. The van der Waals surface area contributed by atoms with E-state index in [1.165, 1.54) is 37.8 Å². The van der Waals surface area contributed by atoms with Crippen LogP contribution in [0.15, 0.2) is 9.98 Å². The lowest BCUT2D eigenvalue weighted by atomic mass is 9.73. The van der Waals surface area contributed by atoms with Gasteiger partial charge < -0.3 is 0 Å². The summed E-state index contributed by atoms with van der Waals surface area (Å²) in [5.74, 6) is 0.980. The highest BCUT2D eigenvalue weighted by atomic mass is 16.1. The largest absolute Gasteiger partial charge is 0.235 e. The van der Waals surface area contributed by atoms with Crippen molar-refractivity contribution >= 4 is 12.2 Å². The van der Waals surface area contributed by atoms with Crippen LogP contribution in [-0.4, -0.2) is 24.7 Å². The van der Waals surface area contributed by atoms with E-state index in [1.807, 2.05) is 6.92 Å². The van der Waals surface area contributed by atoms with Crippen LogP contribution >= 0.6 is 0 Å². The van der Waals surface area contributed by atoms with Gasteiger partial charge >= 0.3 is 0 Å². The summed E-state index contributed by atoms with van der Waals surface area (Å²) < 4.78 is 0. The molecule has 0 aromatic rings. The maximum Gasteiger partial charge on any atom is 0.235 e. The van der Waals surface area contributed by atoms with Crippen LogP contribution in [0.3, 0.4) is 0 Å². The van der Waals surface area contributed by atoms with Crippen LogP contribution in [0.25, 0.3) is 0 Å². The first-order valence-electron chi connectivity index (χ1n) is 7.52. The minimum Gasteiger partial charge on any atom is -0.211 e. The second-order valence-corrected chi connectivity index (χ2v) is 6.55. The van der Waals surface area contributed by atoms with Gasteiger partial charge in [0.25, 0.3) is 0 Å². The monoisotopic (exact) mass is 280 g/mol. The molecular weight excluding hydrogens is 252 g/mol. The van der Waals surface area contributed by atoms with Crippen molar-refractivity contribution in [3.8, 4) is 0 Å². The Morgan fingerprint density at radius 2 is 2.00 bits per heavy atom. The molecule has 1 aliphatic rings. The van der Waals surface area contributed by atoms with Crippen molar-refractivity contribution < 1.29 is 9.59 Å². The maximum absolute atomic E-state index is 9.73. The standard InChI is InChI=1S/C9H18.C7H10N2O2/c1-8-5-4-6-9(2,3)7-8;1-7(9-6-11)3-2-4-8-5-10/h8H,4-7H2,1-3H3;7H,2-4H2,1H3. The van der Waals surface area contributed by atoms with Crippen LogP contribution in [-0.2, 0) is 9.59 Å². The lowest BCUT2D eigenvalue weighted by Gasteiger charge is -2.33. The second-order valence-electron chi connectivity index (χ2n) is 6.55. The summed E-state index contributed by atoms with van der Waals surface area (Å²) in [4.78, 5) is 26.2. The van der Waals surface area contributed by atoms with Gasteiger partial charge in [-0.15, -0.1) is 0 Å². The van der Waals surface area contributed by atoms with E-state index < -0.39 is 0 Å². The molecular formula is C16H28N2O2. The highest BCUT2D eigenvalue weighted by Crippen LogP contribution is 2.37. The second kappa shape index (κ2) is 10.5. The van der Waals surface area contributed by atoms with Crippen LogP contribution in [0.2, 0.25) is 0 Å². The van der Waals surface area contributed by atoms with E-state index in [0.29, 0.717) is 12.0 Å². The predicted octanol–water partition coefficient (Wildman–Crippen LogP) is 4.05. The Morgan fingerprint density at radius 3 is 2.45 bits per heavy atom. The molecule has 4 heteroatoms. The van der Waals surface area contributed by atoms with E-state index >= 15 is 0 Å². The molecule has 0 aliphatic heterocycles. The number of carbonyl (C=O) groups excluding carboxylic acids is 2. The van der Waals surface area contributed by atoms with E-state index in [2.05, 4.69) is 30.8 Å². The Kier molecular flexibility index (Phi) is 9.88. The molecule has 4 nitrogen and oxygen atoms in total. The summed E-state index contributed by atoms with van der Waals surface area (Å²) in [5.41, 5.74) is 0.650. The van der Waals surface area contributed by atoms with E-state index in [4.69, 9.17) is 0 Å². The Bertz CT molecular complexity index is 353. The quantitative estimate of drug-likeness (QED) is 0.433. The van der Waals surface area contributed by atoms with Gasteiger partial charge in [0, 0.05) is 0 Å². The summed E-state index contributed by atoms with van der Waals surface area (Å²) >= 11 is 0. The SMILES string of the molecule is CC(CCCN=C=O)N=C=O.CC1CCCC(C)(C)C1. The molecule has 2 unspecified atom stereocenters. The zero-order valence-electron chi connectivity index (χ0n) is 13.3. The molecule has 2 atom stereocenters. The van der Waals surface area contributed by atoms with Crippen LogP contribution < -0.4 is 0 Å². The Hall–Kier alpha value is -1.24. The molecule has 114 valence electrons. The van der Waals surface area contributed by atoms with Gasteiger partial charge in [-0.25, -0.2) is 19.6 Å². The first-order valence-corrected chi connectivity index (χ1v) is 7.52. The van der Waals surface area contributed by atoms with Crippen molar-refractivity contribution in [1.29, 1.82) is 0 Å². The zero-order chi connectivity index (χ0) is 15.4. The van der Waals surface area contributed by atoms with Gasteiger partial charge in [0.2, 0.25) is 12.2 Å². The normalized spacial score (nSPS) is 21.5. The maximum atomic E-state index is 9.73. The third kappa shape index (κ3) is 10.7. The number of hydrogen-bond acceptors (Lipinski definition) is 4. The summed E-state index contributed by atoms with van der Waals surface area (Å²) in [5, 5.41) is 0. The number of rotatable bonds is 5. The smallest absolute Gasteiger partial charge is 0.211 e. The lowest BCUT2D eigenvalue weighted by Crippen LogP contribution is -2.20. The molecule has 0 N–H and O–H groups in total. The molecule has 0 saturated heterocycles. The Balaban J connectivity index is 0.000000367. The van der Waals surface area contributed by atoms with Crippen LogP contribution in [0, 0.1) is 11.3 Å². The number of hydrogen-bond donors (Lipinski definition) is 0. The average Bonchev–Trinajstić information content (AvgIpc) is 2.34. The van der Waals surface area contributed by atoms with E-state index in [9.17, 15) is 9.59 Å². The zero-order valence-corrected chi connectivity index (χ0v) is 13.3. The van der Waals surface area contributed by atoms with Gasteiger partial charge in [0.05, 0.1) is 12.6 Å². The minimum atomic E-state index is -0.0191. The molecule has 1 aliphatic carbocycles. The van der Waals surface area contributed by atoms with Crippen molar-refractivity contribution in [3.05, 3.63) is 0 Å². The van der Waals surface area contributed by atoms with Crippen molar-refractivity contribution in [2.75, 3.05) is 6.54 Å². The van der Waals surface area contributed by atoms with Crippen molar-refractivity contribution in [3.63, 3.8) is 0 Å². The molecule has 0 heterocycles. The van der Waals surface area contributed by atoms with Crippen molar-refractivity contribution in [2.24, 2.45) is 21.3 Å². The summed E-state index contributed by atoms with van der Waals surface area (Å²) in [6, 6.07) is -0.0191. The fourth-order valence-electron chi connectivity index (χ4n) is 2.74. The van der Waals surface area contributed by atoms with E-state index in [1.54, 1.807) is 0 Å². The third-order valence-electron chi connectivity index (χ3n) is 3.68. The summed E-state index contributed by atoms with van der Waals surface area (Å²) in [6.45, 7) is 9.43.